The minimum absolute atomic E-state index is 0.285. The molecular formula is C11H9ClFN3. The highest BCUT2D eigenvalue weighted by atomic mass is 35.5. The van der Waals surface area contributed by atoms with Crippen LogP contribution >= 0.6 is 11.6 Å². The van der Waals surface area contributed by atoms with Gasteiger partial charge < -0.3 is 5.73 Å². The van der Waals surface area contributed by atoms with Crippen molar-refractivity contribution in [2.45, 2.75) is 6.54 Å². The first-order valence-corrected chi connectivity index (χ1v) is 5.05. The van der Waals surface area contributed by atoms with Crippen molar-refractivity contribution in [1.29, 1.82) is 0 Å². The number of benzene rings is 1. The summed E-state index contributed by atoms with van der Waals surface area (Å²) in [6, 6.07) is 4.11. The van der Waals surface area contributed by atoms with Crippen molar-refractivity contribution in [2.24, 2.45) is 5.73 Å². The monoisotopic (exact) mass is 237 g/mol. The molecule has 0 bridgehead atoms. The highest BCUT2D eigenvalue weighted by Gasteiger charge is 2.07. The fraction of sp³-hybridized carbons (Fsp3) is 0.0909. The minimum Gasteiger partial charge on any atom is -0.325 e. The van der Waals surface area contributed by atoms with Gasteiger partial charge in [-0.2, -0.15) is 0 Å². The number of nitrogens with two attached hydrogens (primary N) is 1. The van der Waals surface area contributed by atoms with Crippen LogP contribution < -0.4 is 5.73 Å². The Morgan fingerprint density at radius 1 is 1.31 bits per heavy atom. The van der Waals surface area contributed by atoms with Gasteiger partial charge in [0.25, 0.3) is 0 Å². The standard InChI is InChI=1S/C11H9ClFN3/c12-10-2-1-7(13)3-9(10)11-6-15-5-8(4-14)16-11/h1-3,5-6H,4,14H2. The average Bonchev–Trinajstić information content (AvgIpc) is 2.32. The molecule has 0 unspecified atom stereocenters. The highest BCUT2D eigenvalue weighted by molar-refractivity contribution is 6.33. The summed E-state index contributed by atoms with van der Waals surface area (Å²) in [5, 5.41) is 0.435. The van der Waals surface area contributed by atoms with Crippen LogP contribution in [-0.4, -0.2) is 9.97 Å². The second kappa shape index (κ2) is 4.55. The lowest BCUT2D eigenvalue weighted by Crippen LogP contribution is -2.01. The lowest BCUT2D eigenvalue weighted by atomic mass is 10.1. The summed E-state index contributed by atoms with van der Waals surface area (Å²) >= 11 is 5.96. The van der Waals surface area contributed by atoms with Crippen molar-refractivity contribution < 1.29 is 4.39 Å². The Bertz CT molecular complexity index is 516. The van der Waals surface area contributed by atoms with E-state index in [0.717, 1.165) is 0 Å². The van der Waals surface area contributed by atoms with E-state index in [1.807, 2.05) is 0 Å². The molecule has 0 radical (unpaired) electrons. The van der Waals surface area contributed by atoms with Gasteiger partial charge in [0.05, 0.1) is 22.6 Å². The van der Waals surface area contributed by atoms with Crippen LogP contribution in [0.4, 0.5) is 4.39 Å². The Hall–Kier alpha value is -1.52. The van der Waals surface area contributed by atoms with Gasteiger partial charge in [-0.3, -0.25) is 4.98 Å². The van der Waals surface area contributed by atoms with Crippen molar-refractivity contribution in [3.8, 4) is 11.3 Å². The molecule has 1 aromatic heterocycles. The molecule has 0 spiro atoms. The molecule has 0 saturated carbocycles. The van der Waals surface area contributed by atoms with Crippen LogP contribution in [0.1, 0.15) is 5.69 Å². The van der Waals surface area contributed by atoms with Crippen molar-refractivity contribution in [3.63, 3.8) is 0 Å². The number of hydrogen-bond donors (Lipinski definition) is 1. The third-order valence-electron chi connectivity index (χ3n) is 2.10. The second-order valence-electron chi connectivity index (χ2n) is 3.22. The van der Waals surface area contributed by atoms with Gasteiger partial charge in [0.2, 0.25) is 0 Å². The molecular weight excluding hydrogens is 229 g/mol. The number of halogens is 2. The summed E-state index contributed by atoms with van der Waals surface area (Å²) in [5.74, 6) is -0.362. The molecule has 82 valence electrons. The predicted molar refractivity (Wildman–Crippen MR) is 60.3 cm³/mol. The van der Waals surface area contributed by atoms with Crippen LogP contribution in [0.3, 0.4) is 0 Å². The minimum atomic E-state index is -0.362. The van der Waals surface area contributed by atoms with E-state index in [2.05, 4.69) is 9.97 Å². The van der Waals surface area contributed by atoms with Crippen LogP contribution in [0.15, 0.2) is 30.6 Å². The topological polar surface area (TPSA) is 51.8 Å². The first kappa shape index (κ1) is 11.0. The van der Waals surface area contributed by atoms with Gasteiger partial charge >= 0.3 is 0 Å². The third-order valence-corrected chi connectivity index (χ3v) is 2.43. The van der Waals surface area contributed by atoms with Gasteiger partial charge in [-0.25, -0.2) is 9.37 Å². The fourth-order valence-corrected chi connectivity index (χ4v) is 1.54. The van der Waals surface area contributed by atoms with Gasteiger partial charge in [0, 0.05) is 18.3 Å². The molecule has 2 rings (SSSR count). The first-order chi connectivity index (χ1) is 7.70. The van der Waals surface area contributed by atoms with E-state index in [1.165, 1.54) is 24.4 Å². The predicted octanol–water partition coefficient (Wildman–Crippen LogP) is 2.39. The van der Waals surface area contributed by atoms with Gasteiger partial charge in [-0.05, 0) is 18.2 Å². The van der Waals surface area contributed by atoms with Gasteiger partial charge in [-0.1, -0.05) is 11.6 Å². The molecule has 0 fully saturated rings. The van der Waals surface area contributed by atoms with Crippen LogP contribution in [0, 0.1) is 5.82 Å². The molecule has 0 aliphatic rings. The molecule has 0 amide bonds. The molecule has 0 aliphatic carbocycles. The van der Waals surface area contributed by atoms with E-state index in [0.29, 0.717) is 22.0 Å². The first-order valence-electron chi connectivity index (χ1n) is 4.67. The van der Waals surface area contributed by atoms with Crippen LogP contribution in [-0.2, 0) is 6.54 Å². The summed E-state index contributed by atoms with van der Waals surface area (Å²) in [6.45, 7) is 0.285. The van der Waals surface area contributed by atoms with Gasteiger partial charge in [-0.15, -0.1) is 0 Å². The maximum Gasteiger partial charge on any atom is 0.123 e. The fourth-order valence-electron chi connectivity index (χ4n) is 1.33. The third kappa shape index (κ3) is 2.18. The van der Waals surface area contributed by atoms with Crippen LogP contribution in [0.25, 0.3) is 11.3 Å². The average molecular weight is 238 g/mol. The zero-order valence-electron chi connectivity index (χ0n) is 8.32. The molecule has 5 heteroatoms. The van der Waals surface area contributed by atoms with E-state index in [9.17, 15) is 4.39 Å². The summed E-state index contributed by atoms with van der Waals surface area (Å²) < 4.78 is 13.1. The van der Waals surface area contributed by atoms with E-state index in [4.69, 9.17) is 17.3 Å². The Kier molecular flexibility index (Phi) is 3.12. The largest absolute Gasteiger partial charge is 0.325 e. The Morgan fingerprint density at radius 3 is 2.88 bits per heavy atom. The molecule has 0 aliphatic heterocycles. The summed E-state index contributed by atoms with van der Waals surface area (Å²) in [7, 11) is 0. The molecule has 2 N–H and O–H groups in total. The molecule has 1 heterocycles. The molecule has 16 heavy (non-hydrogen) atoms. The maximum atomic E-state index is 13.1. The lowest BCUT2D eigenvalue weighted by molar-refractivity contribution is 0.628. The van der Waals surface area contributed by atoms with Crippen molar-refractivity contribution in [1.82, 2.24) is 9.97 Å². The smallest absolute Gasteiger partial charge is 0.123 e. The number of aromatic nitrogens is 2. The van der Waals surface area contributed by atoms with E-state index >= 15 is 0 Å². The Labute approximate surface area is 97.1 Å². The van der Waals surface area contributed by atoms with Crippen LogP contribution in [0.5, 0.6) is 0 Å². The van der Waals surface area contributed by atoms with E-state index in [1.54, 1.807) is 6.20 Å². The zero-order chi connectivity index (χ0) is 11.5. The molecule has 3 nitrogen and oxygen atoms in total. The zero-order valence-corrected chi connectivity index (χ0v) is 9.08. The SMILES string of the molecule is NCc1cncc(-c2cc(F)ccc2Cl)n1. The van der Waals surface area contributed by atoms with Gasteiger partial charge in [0.1, 0.15) is 5.82 Å². The molecule has 0 atom stereocenters. The van der Waals surface area contributed by atoms with Crippen LogP contribution in [0.2, 0.25) is 5.02 Å². The van der Waals surface area contributed by atoms with E-state index < -0.39 is 0 Å². The Morgan fingerprint density at radius 2 is 2.12 bits per heavy atom. The lowest BCUT2D eigenvalue weighted by Gasteiger charge is -2.04. The second-order valence-corrected chi connectivity index (χ2v) is 3.63. The number of rotatable bonds is 2. The van der Waals surface area contributed by atoms with Crippen molar-refractivity contribution >= 4 is 11.6 Å². The molecule has 2 aromatic rings. The Balaban J connectivity index is 2.53. The van der Waals surface area contributed by atoms with Gasteiger partial charge in [0.15, 0.2) is 0 Å². The maximum absolute atomic E-state index is 13.1. The summed E-state index contributed by atoms with van der Waals surface area (Å²) in [4.78, 5) is 8.20. The van der Waals surface area contributed by atoms with E-state index in [-0.39, 0.29) is 12.4 Å². The number of nitrogens with zero attached hydrogens (tertiary/aromatic N) is 2. The van der Waals surface area contributed by atoms with Crippen molar-refractivity contribution in [2.75, 3.05) is 0 Å². The highest BCUT2D eigenvalue weighted by Crippen LogP contribution is 2.26. The molecule has 1 aromatic carbocycles. The molecule has 0 saturated heterocycles. The van der Waals surface area contributed by atoms with Crippen molar-refractivity contribution in [3.05, 3.63) is 47.1 Å². The summed E-state index contributed by atoms with van der Waals surface area (Å²) in [6.07, 6.45) is 3.09. The number of hydrogen-bond acceptors (Lipinski definition) is 3. The quantitative estimate of drug-likeness (QED) is 0.873. The normalized spacial score (nSPS) is 10.4. The summed E-state index contributed by atoms with van der Waals surface area (Å²) in [5.41, 5.74) is 7.13.